The molecule has 1 fully saturated rings. The van der Waals surface area contributed by atoms with Gasteiger partial charge in [0.1, 0.15) is 0 Å². The monoisotopic (exact) mass is 286 g/mol. The average molecular weight is 286 g/mol. The summed E-state index contributed by atoms with van der Waals surface area (Å²) in [6, 6.07) is 10.2. The highest BCUT2D eigenvalue weighted by molar-refractivity contribution is 5.93. The van der Waals surface area contributed by atoms with Gasteiger partial charge < -0.3 is 10.4 Å². The molecule has 1 saturated heterocycles. The summed E-state index contributed by atoms with van der Waals surface area (Å²) in [4.78, 5) is 14.0. The van der Waals surface area contributed by atoms with Crippen molar-refractivity contribution in [1.82, 2.24) is 10.2 Å². The molecule has 112 valence electrons. The van der Waals surface area contributed by atoms with Gasteiger partial charge in [-0.25, -0.2) is 0 Å². The Hall–Kier alpha value is -1.83. The van der Waals surface area contributed by atoms with Crippen LogP contribution < -0.4 is 5.32 Å². The number of carbonyl (C=O) groups is 1. The van der Waals surface area contributed by atoms with Crippen molar-refractivity contribution in [2.24, 2.45) is 5.92 Å². The van der Waals surface area contributed by atoms with Crippen LogP contribution in [0.25, 0.3) is 0 Å². The Bertz CT molecular complexity index is 519. The molecule has 1 aromatic rings. The Balaban J connectivity index is 1.97. The molecule has 2 N–H and O–H groups in total. The molecular weight excluding hydrogens is 264 g/mol. The van der Waals surface area contributed by atoms with Crippen LogP contribution in [0, 0.1) is 17.8 Å². The number of hydrogen-bond donors (Lipinski definition) is 2. The molecule has 4 heteroatoms. The van der Waals surface area contributed by atoms with E-state index in [0.29, 0.717) is 0 Å². The first-order chi connectivity index (χ1) is 10.2. The maximum Gasteiger partial charge on any atom is 0.296 e. The molecule has 1 aliphatic heterocycles. The molecule has 1 aliphatic rings. The molecule has 1 heterocycles. The molecule has 21 heavy (non-hydrogen) atoms. The van der Waals surface area contributed by atoms with Gasteiger partial charge >= 0.3 is 0 Å². The second-order valence-corrected chi connectivity index (χ2v) is 5.41. The minimum Gasteiger partial charge on any atom is -0.396 e. The summed E-state index contributed by atoms with van der Waals surface area (Å²) in [5.74, 6) is 4.95. The van der Waals surface area contributed by atoms with Gasteiger partial charge in [0.25, 0.3) is 5.91 Å². The normalized spacial score (nSPS) is 22.2. The summed E-state index contributed by atoms with van der Waals surface area (Å²) in [6.45, 7) is 4.30. The molecule has 2 atom stereocenters. The maximum atomic E-state index is 11.7. The summed E-state index contributed by atoms with van der Waals surface area (Å²) in [5, 5.41) is 12.4. The van der Waals surface area contributed by atoms with Crippen LogP contribution in [0.4, 0.5) is 0 Å². The van der Waals surface area contributed by atoms with E-state index in [1.165, 1.54) is 5.56 Å². The average Bonchev–Trinajstić information content (AvgIpc) is 2.49. The fourth-order valence-corrected chi connectivity index (χ4v) is 2.75. The topological polar surface area (TPSA) is 52.6 Å². The van der Waals surface area contributed by atoms with Crippen molar-refractivity contribution in [2.45, 2.75) is 25.9 Å². The number of carbonyl (C=O) groups excluding carboxylic acids is 1. The van der Waals surface area contributed by atoms with E-state index in [9.17, 15) is 9.90 Å². The number of aliphatic hydroxyl groups excluding tert-OH is 1. The van der Waals surface area contributed by atoms with Gasteiger partial charge in [-0.05, 0) is 31.4 Å². The van der Waals surface area contributed by atoms with Crippen molar-refractivity contribution in [3.8, 4) is 11.8 Å². The van der Waals surface area contributed by atoms with Gasteiger partial charge in [-0.2, -0.15) is 0 Å². The lowest BCUT2D eigenvalue weighted by atomic mass is 9.92. The van der Waals surface area contributed by atoms with Crippen LogP contribution in [0.3, 0.4) is 0 Å². The largest absolute Gasteiger partial charge is 0.396 e. The summed E-state index contributed by atoms with van der Waals surface area (Å²) in [6.07, 6.45) is 0.883. The lowest BCUT2D eigenvalue weighted by molar-refractivity contribution is -0.117. The number of aliphatic hydroxyl groups is 1. The first kappa shape index (κ1) is 15.6. The van der Waals surface area contributed by atoms with E-state index in [0.717, 1.165) is 26.1 Å². The van der Waals surface area contributed by atoms with Crippen molar-refractivity contribution < 1.29 is 9.90 Å². The van der Waals surface area contributed by atoms with Crippen LogP contribution in [0.2, 0.25) is 0 Å². The van der Waals surface area contributed by atoms with Crippen molar-refractivity contribution >= 4 is 5.91 Å². The first-order valence-electron chi connectivity index (χ1n) is 7.33. The van der Waals surface area contributed by atoms with Gasteiger partial charge in [0.15, 0.2) is 0 Å². The Morgan fingerprint density at radius 3 is 2.86 bits per heavy atom. The molecule has 1 aromatic carbocycles. The third-order valence-electron chi connectivity index (χ3n) is 3.88. The molecule has 0 aromatic heterocycles. The minimum absolute atomic E-state index is 0.0409. The Morgan fingerprint density at radius 2 is 2.19 bits per heavy atom. The maximum absolute atomic E-state index is 11.7. The number of piperidine rings is 1. The molecule has 0 bridgehead atoms. The predicted octanol–water partition coefficient (Wildman–Crippen LogP) is 1.01. The second-order valence-electron chi connectivity index (χ2n) is 5.41. The van der Waals surface area contributed by atoms with Crippen LogP contribution in [-0.2, 0) is 11.3 Å². The quantitative estimate of drug-likeness (QED) is 0.812. The third kappa shape index (κ3) is 4.59. The molecule has 0 unspecified atom stereocenters. The number of amides is 1. The first-order valence-corrected chi connectivity index (χ1v) is 7.33. The predicted molar refractivity (Wildman–Crippen MR) is 82.3 cm³/mol. The molecule has 2 rings (SSSR count). The molecule has 4 nitrogen and oxygen atoms in total. The zero-order valence-corrected chi connectivity index (χ0v) is 12.4. The highest BCUT2D eigenvalue weighted by Gasteiger charge is 2.29. The van der Waals surface area contributed by atoms with Crippen LogP contribution in [0.15, 0.2) is 30.3 Å². The van der Waals surface area contributed by atoms with Crippen LogP contribution >= 0.6 is 0 Å². The third-order valence-corrected chi connectivity index (χ3v) is 3.88. The molecule has 0 saturated carbocycles. The van der Waals surface area contributed by atoms with Crippen LogP contribution in [0.1, 0.15) is 18.9 Å². The zero-order chi connectivity index (χ0) is 15.1. The van der Waals surface area contributed by atoms with Crippen LogP contribution in [0.5, 0.6) is 0 Å². The van der Waals surface area contributed by atoms with Gasteiger partial charge in [0.2, 0.25) is 0 Å². The fraction of sp³-hybridized carbons (Fsp3) is 0.471. The van der Waals surface area contributed by atoms with E-state index in [1.54, 1.807) is 6.92 Å². The highest BCUT2D eigenvalue weighted by Crippen LogP contribution is 2.19. The SMILES string of the molecule is CC#CC(=O)N[C@H]1CN(Cc2ccccc2)CC[C@@H]1CO. The number of nitrogens with one attached hydrogen (secondary N) is 1. The molecule has 1 amide bonds. The molecule has 0 aliphatic carbocycles. The standard InChI is InChI=1S/C17H22N2O2/c1-2-6-17(21)18-16-12-19(10-9-15(16)13-20)11-14-7-4-3-5-8-14/h3-5,7-8,15-16,20H,9-13H2,1H3,(H,18,21)/t15-,16+/m1/s1. The van der Waals surface area contributed by atoms with Crippen molar-refractivity contribution in [1.29, 1.82) is 0 Å². The number of likely N-dealkylation sites (tertiary alicyclic amines) is 1. The van der Waals surface area contributed by atoms with E-state index < -0.39 is 0 Å². The second kappa shape index (κ2) is 7.82. The summed E-state index contributed by atoms with van der Waals surface area (Å²) in [5.41, 5.74) is 1.26. The van der Waals surface area contributed by atoms with Gasteiger partial charge in [-0.3, -0.25) is 9.69 Å². The fourth-order valence-electron chi connectivity index (χ4n) is 2.75. The number of hydrogen-bond acceptors (Lipinski definition) is 3. The lowest BCUT2D eigenvalue weighted by Gasteiger charge is -2.38. The Labute approximate surface area is 126 Å². The lowest BCUT2D eigenvalue weighted by Crippen LogP contribution is -2.53. The number of nitrogens with zero attached hydrogens (tertiary/aromatic N) is 1. The molecular formula is C17H22N2O2. The minimum atomic E-state index is -0.262. The molecule has 0 radical (unpaired) electrons. The zero-order valence-electron chi connectivity index (χ0n) is 12.4. The van der Waals surface area contributed by atoms with E-state index in [2.05, 4.69) is 34.2 Å². The van der Waals surface area contributed by atoms with Crippen LogP contribution in [-0.4, -0.2) is 41.7 Å². The summed E-state index contributed by atoms with van der Waals surface area (Å²) in [7, 11) is 0. The van der Waals surface area contributed by atoms with Gasteiger partial charge in [0.05, 0.1) is 0 Å². The van der Waals surface area contributed by atoms with Gasteiger partial charge in [0, 0.05) is 31.7 Å². The summed E-state index contributed by atoms with van der Waals surface area (Å²) < 4.78 is 0. The number of rotatable bonds is 4. The smallest absolute Gasteiger partial charge is 0.296 e. The molecule has 0 spiro atoms. The van der Waals surface area contributed by atoms with E-state index in [1.807, 2.05) is 18.2 Å². The Morgan fingerprint density at radius 1 is 1.43 bits per heavy atom. The van der Waals surface area contributed by atoms with Crippen molar-refractivity contribution in [2.75, 3.05) is 19.7 Å². The Kier molecular flexibility index (Phi) is 5.79. The van der Waals surface area contributed by atoms with Crippen molar-refractivity contribution in [3.63, 3.8) is 0 Å². The summed E-state index contributed by atoms with van der Waals surface area (Å²) >= 11 is 0. The van der Waals surface area contributed by atoms with Gasteiger partial charge in [-0.1, -0.05) is 36.3 Å². The van der Waals surface area contributed by atoms with E-state index in [-0.39, 0.29) is 24.5 Å². The van der Waals surface area contributed by atoms with Crippen molar-refractivity contribution in [3.05, 3.63) is 35.9 Å². The van der Waals surface area contributed by atoms with Gasteiger partial charge in [-0.15, -0.1) is 0 Å². The highest BCUT2D eigenvalue weighted by atomic mass is 16.3. The van der Waals surface area contributed by atoms with E-state index in [4.69, 9.17) is 0 Å². The van der Waals surface area contributed by atoms with E-state index >= 15 is 0 Å². The number of benzene rings is 1.